The predicted octanol–water partition coefficient (Wildman–Crippen LogP) is 5.58. The summed E-state index contributed by atoms with van der Waals surface area (Å²) in [6.45, 7) is 9.76. The van der Waals surface area contributed by atoms with E-state index in [1.165, 1.54) is 6.92 Å². The third kappa shape index (κ3) is 4.55. The van der Waals surface area contributed by atoms with E-state index in [1.54, 1.807) is 29.4 Å². The minimum Gasteiger partial charge on any atom is -0.467 e. The van der Waals surface area contributed by atoms with E-state index in [9.17, 15) is 9.00 Å². The van der Waals surface area contributed by atoms with Gasteiger partial charge in [0, 0.05) is 17.5 Å². The van der Waals surface area contributed by atoms with E-state index in [-0.39, 0.29) is 18.5 Å². The monoisotopic (exact) mass is 446 g/mol. The fraction of sp³-hybridized carbons (Fsp3) is 0.348. The lowest BCUT2D eigenvalue weighted by atomic mass is 9.94. The van der Waals surface area contributed by atoms with Gasteiger partial charge in [0.25, 0.3) is 0 Å². The molecule has 0 bridgehead atoms. The Kier molecular flexibility index (Phi) is 7.21. The number of carbonyl (C=O) groups is 1. The average Bonchev–Trinajstić information content (AvgIpc) is 3.18. The molecule has 1 aliphatic heterocycles. The molecule has 1 amide bonds. The van der Waals surface area contributed by atoms with E-state index in [4.69, 9.17) is 16.0 Å². The number of halogens is 1. The number of hydrogen-bond acceptors (Lipinski definition) is 3. The predicted molar refractivity (Wildman–Crippen MR) is 120 cm³/mol. The molecule has 3 rings (SSSR count). The lowest BCUT2D eigenvalue weighted by Crippen LogP contribution is -2.53. The fourth-order valence-corrected chi connectivity index (χ4v) is 5.57. The maximum absolute atomic E-state index is 13.7. The summed E-state index contributed by atoms with van der Waals surface area (Å²) in [5.41, 5.74) is 1.86. The first-order valence-electron chi connectivity index (χ1n) is 10.0. The van der Waals surface area contributed by atoms with Crippen molar-refractivity contribution in [3.8, 4) is 0 Å². The zero-order valence-electron chi connectivity index (χ0n) is 17.6. The van der Waals surface area contributed by atoms with E-state index >= 15 is 0 Å². The first-order chi connectivity index (χ1) is 14.4. The number of furan rings is 1. The summed E-state index contributed by atoms with van der Waals surface area (Å²) >= 11 is 6.22. The standard InChI is InChI=1S/C23H27ClN2O3S/c1-5-7-10-22-21(6-2)23(25(17(4)27)15-19-9-8-11-29-19)26(22)30(28)20-13-16(3)12-18(24)14-20/h6,8-9,11-14,22H,2,5,7,10,15H2,1,3-4H3. The SMILES string of the molecule is C=CC1=C(N(Cc2ccco2)C(C)=O)N(S(=O)c2cc(C)cc(Cl)c2)C1CCCC. The van der Waals surface area contributed by atoms with Crippen LogP contribution in [0.25, 0.3) is 0 Å². The second-order valence-electron chi connectivity index (χ2n) is 7.36. The molecule has 0 saturated heterocycles. The highest BCUT2D eigenvalue weighted by Gasteiger charge is 2.43. The first kappa shape index (κ1) is 22.4. The van der Waals surface area contributed by atoms with Crippen LogP contribution in [0.5, 0.6) is 0 Å². The summed E-state index contributed by atoms with van der Waals surface area (Å²) in [6, 6.07) is 8.95. The van der Waals surface area contributed by atoms with Gasteiger partial charge in [0.2, 0.25) is 5.91 Å². The summed E-state index contributed by atoms with van der Waals surface area (Å²) in [5, 5.41) is 0.539. The van der Waals surface area contributed by atoms with Crippen LogP contribution in [-0.4, -0.2) is 25.4 Å². The van der Waals surface area contributed by atoms with Crippen LogP contribution in [0.2, 0.25) is 5.02 Å². The van der Waals surface area contributed by atoms with Crippen LogP contribution < -0.4 is 0 Å². The number of benzene rings is 1. The molecule has 7 heteroatoms. The van der Waals surface area contributed by atoms with Gasteiger partial charge in [-0.1, -0.05) is 44.0 Å². The van der Waals surface area contributed by atoms with Gasteiger partial charge in [-0.3, -0.25) is 14.0 Å². The number of carbonyl (C=O) groups excluding carboxylic acids is 1. The molecule has 0 radical (unpaired) electrons. The van der Waals surface area contributed by atoms with Crippen molar-refractivity contribution in [2.45, 2.75) is 57.5 Å². The van der Waals surface area contributed by atoms with Crippen LogP contribution in [0.15, 0.2) is 70.0 Å². The minimum absolute atomic E-state index is 0.0731. The Hall–Kier alpha value is -2.31. The van der Waals surface area contributed by atoms with Crippen LogP contribution in [-0.2, 0) is 22.3 Å². The first-order valence-corrected chi connectivity index (χ1v) is 11.5. The van der Waals surface area contributed by atoms with Gasteiger partial charge in [-0.15, -0.1) is 0 Å². The van der Waals surface area contributed by atoms with Gasteiger partial charge in [-0.2, -0.15) is 0 Å². The summed E-state index contributed by atoms with van der Waals surface area (Å²) in [4.78, 5) is 14.8. The molecule has 1 aromatic carbocycles. The minimum atomic E-state index is -1.51. The number of amides is 1. The van der Waals surface area contributed by atoms with Crippen molar-refractivity contribution in [2.75, 3.05) is 0 Å². The molecule has 1 aromatic heterocycles. The summed E-state index contributed by atoms with van der Waals surface area (Å²) in [5.74, 6) is 1.12. The molecule has 160 valence electrons. The van der Waals surface area contributed by atoms with E-state index < -0.39 is 11.0 Å². The van der Waals surface area contributed by atoms with Crippen molar-refractivity contribution in [3.63, 3.8) is 0 Å². The van der Waals surface area contributed by atoms with Gasteiger partial charge in [-0.05, 0) is 49.2 Å². The van der Waals surface area contributed by atoms with Crippen molar-refractivity contribution >= 4 is 28.5 Å². The second kappa shape index (κ2) is 9.67. The highest BCUT2D eigenvalue weighted by molar-refractivity contribution is 7.83. The quantitative estimate of drug-likeness (QED) is 0.504. The molecule has 0 aliphatic carbocycles. The summed E-state index contributed by atoms with van der Waals surface area (Å²) in [7, 11) is -1.51. The van der Waals surface area contributed by atoms with Crippen molar-refractivity contribution in [1.29, 1.82) is 0 Å². The second-order valence-corrected chi connectivity index (χ2v) is 9.16. The Morgan fingerprint density at radius 3 is 2.73 bits per heavy atom. The number of nitrogens with zero attached hydrogens (tertiary/aromatic N) is 2. The van der Waals surface area contributed by atoms with Gasteiger partial charge in [-0.25, -0.2) is 4.21 Å². The van der Waals surface area contributed by atoms with Crippen molar-refractivity contribution in [3.05, 3.63) is 77.0 Å². The Morgan fingerprint density at radius 2 is 2.17 bits per heavy atom. The van der Waals surface area contributed by atoms with Gasteiger partial charge in [0.1, 0.15) is 11.6 Å². The topological polar surface area (TPSA) is 53.8 Å². The van der Waals surface area contributed by atoms with E-state index in [0.29, 0.717) is 21.5 Å². The van der Waals surface area contributed by atoms with Crippen LogP contribution in [0.1, 0.15) is 44.4 Å². The molecule has 0 N–H and O–H groups in total. The largest absolute Gasteiger partial charge is 0.467 e. The smallest absolute Gasteiger partial charge is 0.225 e. The molecule has 30 heavy (non-hydrogen) atoms. The van der Waals surface area contributed by atoms with E-state index in [0.717, 1.165) is 30.4 Å². The molecule has 2 aromatic rings. The molecule has 2 unspecified atom stereocenters. The molecular formula is C23H27ClN2O3S. The van der Waals surface area contributed by atoms with Gasteiger partial charge in [0.15, 0.2) is 11.0 Å². The number of rotatable bonds is 9. The van der Waals surface area contributed by atoms with Crippen LogP contribution in [0.4, 0.5) is 0 Å². The fourth-order valence-electron chi connectivity index (χ4n) is 3.66. The molecule has 5 nitrogen and oxygen atoms in total. The van der Waals surface area contributed by atoms with Gasteiger partial charge >= 0.3 is 0 Å². The molecular weight excluding hydrogens is 420 g/mol. The molecule has 2 heterocycles. The maximum atomic E-state index is 13.7. The number of unbranched alkanes of at least 4 members (excludes halogenated alkanes) is 1. The highest BCUT2D eigenvalue weighted by atomic mass is 35.5. The zero-order chi connectivity index (χ0) is 21.8. The van der Waals surface area contributed by atoms with Crippen molar-refractivity contribution in [1.82, 2.24) is 9.21 Å². The van der Waals surface area contributed by atoms with Crippen LogP contribution in [0, 0.1) is 6.92 Å². The molecule has 1 aliphatic rings. The Bertz CT molecular complexity index is 964. The lowest BCUT2D eigenvalue weighted by molar-refractivity contribution is -0.129. The third-order valence-corrected chi connectivity index (χ3v) is 6.73. The summed E-state index contributed by atoms with van der Waals surface area (Å²) < 4.78 is 20.9. The third-order valence-electron chi connectivity index (χ3n) is 5.09. The lowest BCUT2D eigenvalue weighted by Gasteiger charge is -2.47. The Balaban J connectivity index is 2.04. The molecule has 2 atom stereocenters. The number of aryl methyl sites for hydroxylation is 1. The van der Waals surface area contributed by atoms with Crippen molar-refractivity contribution < 1.29 is 13.4 Å². The Labute approximate surface area is 185 Å². The molecule has 0 fully saturated rings. The van der Waals surface area contributed by atoms with Crippen LogP contribution >= 0.6 is 11.6 Å². The number of hydrogen-bond donors (Lipinski definition) is 0. The zero-order valence-corrected chi connectivity index (χ0v) is 19.1. The molecule has 0 spiro atoms. The highest BCUT2D eigenvalue weighted by Crippen LogP contribution is 2.41. The maximum Gasteiger partial charge on any atom is 0.225 e. The Morgan fingerprint density at radius 1 is 1.40 bits per heavy atom. The average molecular weight is 447 g/mol. The van der Waals surface area contributed by atoms with E-state index in [1.807, 2.05) is 29.4 Å². The molecule has 0 saturated carbocycles. The van der Waals surface area contributed by atoms with Crippen LogP contribution in [0.3, 0.4) is 0 Å². The van der Waals surface area contributed by atoms with Gasteiger partial charge in [0.05, 0.1) is 23.7 Å². The summed E-state index contributed by atoms with van der Waals surface area (Å²) in [6.07, 6.45) is 6.18. The van der Waals surface area contributed by atoms with E-state index in [2.05, 4.69) is 13.5 Å². The normalized spacial score (nSPS) is 16.9. The van der Waals surface area contributed by atoms with Crippen molar-refractivity contribution in [2.24, 2.45) is 0 Å². The van der Waals surface area contributed by atoms with Gasteiger partial charge < -0.3 is 4.42 Å².